The van der Waals surface area contributed by atoms with Crippen molar-refractivity contribution in [1.82, 2.24) is 14.9 Å². The fraction of sp³-hybridized carbons (Fsp3) is 0.625. The maximum atomic E-state index is 4.54. The number of aryl methyl sites for hydroxylation is 2. The molecular formula is C16H22N4S. The molecule has 0 spiro atoms. The van der Waals surface area contributed by atoms with Crippen molar-refractivity contribution < 1.29 is 0 Å². The Morgan fingerprint density at radius 1 is 1.29 bits per heavy atom. The summed E-state index contributed by atoms with van der Waals surface area (Å²) in [6.45, 7) is 1.20. The lowest BCUT2D eigenvalue weighted by molar-refractivity contribution is 0.212. The molecule has 0 bridgehead atoms. The smallest absolute Gasteiger partial charge is 0.138 e. The average molecular weight is 302 g/mol. The minimum absolute atomic E-state index is 0.588. The van der Waals surface area contributed by atoms with Gasteiger partial charge in [0, 0.05) is 17.5 Å². The molecule has 4 nitrogen and oxygen atoms in total. The second kappa shape index (κ2) is 5.21. The van der Waals surface area contributed by atoms with E-state index in [2.05, 4.69) is 34.3 Å². The number of fused-ring (bicyclic) bond motifs is 3. The molecule has 2 heterocycles. The van der Waals surface area contributed by atoms with Gasteiger partial charge in [-0.25, -0.2) is 9.97 Å². The highest BCUT2D eigenvalue weighted by molar-refractivity contribution is 7.19. The lowest BCUT2D eigenvalue weighted by Crippen LogP contribution is -2.40. The van der Waals surface area contributed by atoms with E-state index >= 15 is 0 Å². The SMILES string of the molecule is CN(C)CC1CC(Nc2ncnc3sc4c(c23)CCC4)C1. The number of nitrogens with one attached hydrogen (secondary N) is 1. The molecule has 0 aromatic carbocycles. The summed E-state index contributed by atoms with van der Waals surface area (Å²) in [5.41, 5.74) is 1.52. The van der Waals surface area contributed by atoms with Crippen molar-refractivity contribution in [2.75, 3.05) is 26.0 Å². The molecule has 0 aliphatic heterocycles. The summed E-state index contributed by atoms with van der Waals surface area (Å²) in [6, 6.07) is 0.588. The van der Waals surface area contributed by atoms with Crippen molar-refractivity contribution in [2.24, 2.45) is 5.92 Å². The van der Waals surface area contributed by atoms with Gasteiger partial charge < -0.3 is 10.2 Å². The van der Waals surface area contributed by atoms with E-state index in [1.165, 1.54) is 59.3 Å². The maximum Gasteiger partial charge on any atom is 0.138 e. The van der Waals surface area contributed by atoms with Crippen LogP contribution < -0.4 is 5.32 Å². The van der Waals surface area contributed by atoms with Crippen LogP contribution in [0.4, 0.5) is 5.82 Å². The first-order valence-corrected chi connectivity index (χ1v) is 8.69. The van der Waals surface area contributed by atoms with E-state index in [0.29, 0.717) is 6.04 Å². The molecular weight excluding hydrogens is 280 g/mol. The van der Waals surface area contributed by atoms with Crippen LogP contribution in [0.5, 0.6) is 0 Å². The molecule has 2 aliphatic rings. The summed E-state index contributed by atoms with van der Waals surface area (Å²) >= 11 is 1.86. The number of thiophene rings is 1. The van der Waals surface area contributed by atoms with Crippen LogP contribution in [0.15, 0.2) is 6.33 Å². The number of hydrogen-bond acceptors (Lipinski definition) is 5. The van der Waals surface area contributed by atoms with E-state index in [9.17, 15) is 0 Å². The van der Waals surface area contributed by atoms with Gasteiger partial charge in [-0.2, -0.15) is 0 Å². The zero-order valence-corrected chi connectivity index (χ0v) is 13.5. The molecule has 0 saturated heterocycles. The fourth-order valence-electron chi connectivity index (χ4n) is 3.75. The van der Waals surface area contributed by atoms with Gasteiger partial charge in [-0.05, 0) is 57.7 Å². The molecule has 0 amide bonds. The van der Waals surface area contributed by atoms with Crippen molar-refractivity contribution in [3.63, 3.8) is 0 Å². The Morgan fingerprint density at radius 3 is 2.95 bits per heavy atom. The Labute approximate surface area is 129 Å². The number of anilines is 1. The highest BCUT2D eigenvalue weighted by atomic mass is 32.1. The summed E-state index contributed by atoms with van der Waals surface area (Å²) in [5.74, 6) is 1.91. The standard InChI is InChI=1S/C16H22N4S/c1-20(2)8-10-6-11(7-10)19-15-14-12-4-3-5-13(12)21-16(14)18-9-17-15/h9-11H,3-8H2,1-2H3,(H,17,18,19). The van der Waals surface area contributed by atoms with E-state index in [1.807, 2.05) is 11.3 Å². The molecule has 21 heavy (non-hydrogen) atoms. The second-order valence-corrected chi connectivity index (χ2v) is 7.78. The van der Waals surface area contributed by atoms with Crippen LogP contribution in [0, 0.1) is 5.92 Å². The Bertz CT molecular complexity index is 658. The molecule has 2 aromatic heterocycles. The van der Waals surface area contributed by atoms with Gasteiger partial charge >= 0.3 is 0 Å². The van der Waals surface area contributed by atoms with Crippen LogP contribution in [-0.2, 0) is 12.8 Å². The van der Waals surface area contributed by atoms with Crippen molar-refractivity contribution >= 4 is 27.4 Å². The molecule has 4 rings (SSSR count). The normalized spacial score (nSPS) is 24.3. The lowest BCUT2D eigenvalue weighted by Gasteiger charge is -2.37. The summed E-state index contributed by atoms with van der Waals surface area (Å²) in [7, 11) is 4.31. The van der Waals surface area contributed by atoms with E-state index < -0.39 is 0 Å². The van der Waals surface area contributed by atoms with Crippen molar-refractivity contribution in [3.8, 4) is 0 Å². The third-order valence-corrected chi connectivity index (χ3v) is 5.90. The van der Waals surface area contributed by atoms with Gasteiger partial charge in [-0.1, -0.05) is 0 Å². The summed E-state index contributed by atoms with van der Waals surface area (Å²) < 4.78 is 0. The zero-order chi connectivity index (χ0) is 14.4. The molecule has 0 radical (unpaired) electrons. The van der Waals surface area contributed by atoms with Gasteiger partial charge in [0.15, 0.2) is 0 Å². The van der Waals surface area contributed by atoms with Crippen molar-refractivity contribution in [1.29, 1.82) is 0 Å². The van der Waals surface area contributed by atoms with Crippen LogP contribution in [0.25, 0.3) is 10.2 Å². The van der Waals surface area contributed by atoms with Crippen LogP contribution in [0.3, 0.4) is 0 Å². The van der Waals surface area contributed by atoms with Gasteiger partial charge in [0.25, 0.3) is 0 Å². The van der Waals surface area contributed by atoms with Crippen LogP contribution in [0.2, 0.25) is 0 Å². The van der Waals surface area contributed by atoms with E-state index in [1.54, 1.807) is 6.33 Å². The van der Waals surface area contributed by atoms with E-state index in [4.69, 9.17) is 0 Å². The minimum atomic E-state index is 0.588. The van der Waals surface area contributed by atoms with E-state index in [0.717, 1.165) is 11.7 Å². The van der Waals surface area contributed by atoms with Crippen molar-refractivity contribution in [2.45, 2.75) is 38.1 Å². The topological polar surface area (TPSA) is 41.0 Å². The van der Waals surface area contributed by atoms with Gasteiger partial charge in [-0.3, -0.25) is 0 Å². The third kappa shape index (κ3) is 2.42. The molecule has 0 atom stereocenters. The number of hydrogen-bond donors (Lipinski definition) is 1. The highest BCUT2D eigenvalue weighted by Crippen LogP contribution is 2.40. The molecule has 1 N–H and O–H groups in total. The summed E-state index contributed by atoms with van der Waals surface area (Å²) in [4.78, 5) is 14.0. The molecule has 0 unspecified atom stereocenters. The number of nitrogens with zero attached hydrogens (tertiary/aromatic N) is 3. The lowest BCUT2D eigenvalue weighted by atomic mass is 9.80. The Morgan fingerprint density at radius 2 is 2.14 bits per heavy atom. The van der Waals surface area contributed by atoms with E-state index in [-0.39, 0.29) is 0 Å². The molecule has 2 aliphatic carbocycles. The Hall–Kier alpha value is -1.20. The molecule has 1 fully saturated rings. The first-order valence-electron chi connectivity index (χ1n) is 7.87. The Balaban J connectivity index is 1.53. The predicted molar refractivity (Wildman–Crippen MR) is 88.1 cm³/mol. The average Bonchev–Trinajstić information content (AvgIpc) is 2.95. The summed E-state index contributed by atoms with van der Waals surface area (Å²) in [6.07, 6.45) is 7.95. The van der Waals surface area contributed by atoms with Gasteiger partial charge in [0.1, 0.15) is 17.0 Å². The van der Waals surface area contributed by atoms with Crippen LogP contribution in [-0.4, -0.2) is 41.5 Å². The van der Waals surface area contributed by atoms with Gasteiger partial charge in [0.05, 0.1) is 5.39 Å². The van der Waals surface area contributed by atoms with Gasteiger partial charge in [-0.15, -0.1) is 11.3 Å². The quantitative estimate of drug-likeness (QED) is 0.943. The van der Waals surface area contributed by atoms with Crippen molar-refractivity contribution in [3.05, 3.63) is 16.8 Å². The third-order valence-electron chi connectivity index (χ3n) is 4.70. The highest BCUT2D eigenvalue weighted by Gasteiger charge is 2.30. The van der Waals surface area contributed by atoms with Gasteiger partial charge in [0.2, 0.25) is 0 Å². The first kappa shape index (κ1) is 13.5. The molecule has 5 heteroatoms. The molecule has 1 saturated carbocycles. The molecule has 112 valence electrons. The minimum Gasteiger partial charge on any atom is -0.367 e. The maximum absolute atomic E-state index is 4.54. The number of aromatic nitrogens is 2. The monoisotopic (exact) mass is 302 g/mol. The number of rotatable bonds is 4. The summed E-state index contributed by atoms with van der Waals surface area (Å²) in [5, 5.41) is 4.99. The fourth-order valence-corrected chi connectivity index (χ4v) is 4.98. The molecule has 2 aromatic rings. The predicted octanol–water partition coefficient (Wildman–Crippen LogP) is 2.93. The Kier molecular flexibility index (Phi) is 3.34. The van der Waals surface area contributed by atoms with Crippen LogP contribution in [0.1, 0.15) is 29.7 Å². The largest absolute Gasteiger partial charge is 0.367 e. The first-order chi connectivity index (χ1) is 10.2. The van der Waals surface area contributed by atoms with Crippen LogP contribution >= 0.6 is 11.3 Å². The second-order valence-electron chi connectivity index (χ2n) is 6.70. The zero-order valence-electron chi connectivity index (χ0n) is 12.7.